The summed E-state index contributed by atoms with van der Waals surface area (Å²) in [6, 6.07) is 12.2. The molecular formula is C24H18Cl3N7O. The van der Waals surface area contributed by atoms with Gasteiger partial charge < -0.3 is 10.2 Å². The van der Waals surface area contributed by atoms with E-state index in [-0.39, 0.29) is 12.6 Å². The Hall–Kier alpha value is -3.33. The summed E-state index contributed by atoms with van der Waals surface area (Å²) in [6.07, 6.45) is 2.59. The molecule has 35 heavy (non-hydrogen) atoms. The zero-order valence-corrected chi connectivity index (χ0v) is 20.5. The van der Waals surface area contributed by atoms with Gasteiger partial charge in [-0.15, -0.1) is 0 Å². The van der Waals surface area contributed by atoms with Crippen LogP contribution in [0.5, 0.6) is 0 Å². The zero-order chi connectivity index (χ0) is 24.1. The smallest absolute Gasteiger partial charge is 0.328 e. The molecule has 0 spiro atoms. The van der Waals surface area contributed by atoms with Gasteiger partial charge in [-0.2, -0.15) is 10.1 Å². The van der Waals surface area contributed by atoms with Gasteiger partial charge in [0.15, 0.2) is 5.82 Å². The van der Waals surface area contributed by atoms with Gasteiger partial charge in [0.2, 0.25) is 5.95 Å². The second kappa shape index (κ2) is 8.71. The molecule has 2 aromatic heterocycles. The first-order chi connectivity index (χ1) is 17.0. The molecule has 0 bridgehead atoms. The largest absolute Gasteiger partial charge is 0.336 e. The van der Waals surface area contributed by atoms with E-state index in [1.165, 1.54) is 4.90 Å². The molecule has 6 rings (SSSR count). The van der Waals surface area contributed by atoms with Crippen molar-refractivity contribution in [3.63, 3.8) is 0 Å². The molecule has 8 nitrogen and oxygen atoms in total. The maximum Gasteiger partial charge on any atom is 0.328 e. The number of carbonyl (C=O) groups is 1. The standard InChI is InChI=1S/C24H18Cl3N7O/c25-16-5-2-1-4-14(16)20-15-11-28-24(35)34(21-17(26)6-3-7-18(21)27)22(15)31-23(30-20)33-9-8-19-13(12-33)10-29-32-19/h1-7,10H,8-9,11-12H2,(H,28,35)(H,29,32). The predicted molar refractivity (Wildman–Crippen MR) is 137 cm³/mol. The van der Waals surface area contributed by atoms with Gasteiger partial charge in [0, 0.05) is 46.9 Å². The van der Waals surface area contributed by atoms with Crippen LogP contribution < -0.4 is 15.1 Å². The maximum absolute atomic E-state index is 13.2. The Kier molecular flexibility index (Phi) is 5.51. The molecule has 2 N–H and O–H groups in total. The third kappa shape index (κ3) is 3.78. The first kappa shape index (κ1) is 22.2. The van der Waals surface area contributed by atoms with E-state index in [1.54, 1.807) is 18.2 Å². The molecule has 4 heterocycles. The summed E-state index contributed by atoms with van der Waals surface area (Å²) in [5.41, 5.74) is 4.66. The van der Waals surface area contributed by atoms with Gasteiger partial charge in [0.05, 0.1) is 34.2 Å². The van der Waals surface area contributed by atoms with Crippen molar-refractivity contribution >= 4 is 58.3 Å². The Morgan fingerprint density at radius 3 is 2.51 bits per heavy atom. The molecule has 0 radical (unpaired) electrons. The number of amides is 2. The van der Waals surface area contributed by atoms with Gasteiger partial charge in [0.1, 0.15) is 0 Å². The van der Waals surface area contributed by atoms with E-state index in [2.05, 4.69) is 20.4 Å². The lowest BCUT2D eigenvalue weighted by Crippen LogP contribution is -2.43. The SMILES string of the molecule is O=C1NCc2c(-c3ccccc3Cl)nc(N3CCc4[nH]ncc4C3)nc2N1c1c(Cl)cccc1Cl. The van der Waals surface area contributed by atoms with E-state index in [4.69, 9.17) is 44.8 Å². The normalized spacial score (nSPS) is 15.0. The maximum atomic E-state index is 13.2. The third-order valence-electron chi connectivity index (χ3n) is 6.18. The highest BCUT2D eigenvalue weighted by Gasteiger charge is 2.34. The number of hydrogen-bond acceptors (Lipinski definition) is 5. The molecule has 2 aliphatic rings. The van der Waals surface area contributed by atoms with Crippen molar-refractivity contribution in [2.45, 2.75) is 19.5 Å². The first-order valence-electron chi connectivity index (χ1n) is 10.9. The van der Waals surface area contributed by atoms with E-state index >= 15 is 0 Å². The highest BCUT2D eigenvalue weighted by molar-refractivity contribution is 6.40. The van der Waals surface area contributed by atoms with Crippen molar-refractivity contribution in [2.75, 3.05) is 16.3 Å². The molecule has 2 aliphatic heterocycles. The Morgan fingerprint density at radius 1 is 0.943 bits per heavy atom. The minimum Gasteiger partial charge on any atom is -0.336 e. The highest BCUT2D eigenvalue weighted by atomic mass is 35.5. The van der Waals surface area contributed by atoms with Gasteiger partial charge in [-0.3, -0.25) is 5.10 Å². The van der Waals surface area contributed by atoms with Crippen LogP contribution in [0.25, 0.3) is 11.3 Å². The van der Waals surface area contributed by atoms with Gasteiger partial charge in [-0.1, -0.05) is 59.1 Å². The fourth-order valence-corrected chi connectivity index (χ4v) is 5.26. The van der Waals surface area contributed by atoms with Crippen molar-refractivity contribution in [1.82, 2.24) is 25.5 Å². The fourth-order valence-electron chi connectivity index (χ4n) is 4.47. The van der Waals surface area contributed by atoms with Crippen LogP contribution in [-0.2, 0) is 19.5 Å². The van der Waals surface area contributed by atoms with Crippen LogP contribution in [0, 0.1) is 0 Å². The molecule has 2 amide bonds. The number of urea groups is 1. The summed E-state index contributed by atoms with van der Waals surface area (Å²) < 4.78 is 0. The molecule has 0 unspecified atom stereocenters. The fraction of sp³-hybridized carbons (Fsp3) is 0.167. The molecule has 0 fully saturated rings. The molecule has 11 heteroatoms. The number of benzene rings is 2. The van der Waals surface area contributed by atoms with E-state index in [0.717, 1.165) is 28.8 Å². The Labute approximate surface area is 215 Å². The zero-order valence-electron chi connectivity index (χ0n) is 18.2. The quantitative estimate of drug-likeness (QED) is 0.355. The molecule has 4 aromatic rings. The number of halogens is 3. The molecule has 0 saturated carbocycles. The van der Waals surface area contributed by atoms with Crippen LogP contribution in [0.3, 0.4) is 0 Å². The van der Waals surface area contributed by atoms with Crippen LogP contribution in [0.15, 0.2) is 48.7 Å². The Morgan fingerprint density at radius 2 is 1.71 bits per heavy atom. The number of nitrogens with zero attached hydrogens (tertiary/aromatic N) is 5. The summed E-state index contributed by atoms with van der Waals surface area (Å²) >= 11 is 19.6. The lowest BCUT2D eigenvalue weighted by molar-refractivity contribution is 0.247. The van der Waals surface area contributed by atoms with Crippen molar-refractivity contribution < 1.29 is 4.79 Å². The van der Waals surface area contributed by atoms with Crippen molar-refractivity contribution in [2.24, 2.45) is 0 Å². The minimum atomic E-state index is -0.377. The molecule has 2 aromatic carbocycles. The van der Waals surface area contributed by atoms with Gasteiger partial charge in [-0.25, -0.2) is 14.7 Å². The summed E-state index contributed by atoms with van der Waals surface area (Å²) in [5.74, 6) is 0.898. The average molecular weight is 527 g/mol. The van der Waals surface area contributed by atoms with E-state index < -0.39 is 0 Å². The third-order valence-corrected chi connectivity index (χ3v) is 7.12. The predicted octanol–water partition coefficient (Wildman–Crippen LogP) is 5.75. The number of aromatic nitrogens is 4. The van der Waals surface area contributed by atoms with Gasteiger partial charge in [-0.05, 0) is 18.2 Å². The van der Waals surface area contributed by atoms with E-state index in [1.807, 2.05) is 30.5 Å². The van der Waals surface area contributed by atoms with Gasteiger partial charge >= 0.3 is 6.03 Å². The summed E-state index contributed by atoms with van der Waals surface area (Å²) in [6.45, 7) is 1.51. The second-order valence-electron chi connectivity index (χ2n) is 8.26. The van der Waals surface area contributed by atoms with Crippen molar-refractivity contribution in [3.05, 3.63) is 80.6 Å². The summed E-state index contributed by atoms with van der Waals surface area (Å²) in [7, 11) is 0. The van der Waals surface area contributed by atoms with Crippen molar-refractivity contribution in [1.29, 1.82) is 0 Å². The van der Waals surface area contributed by atoms with Crippen LogP contribution in [0.4, 0.5) is 22.2 Å². The number of H-pyrrole nitrogens is 1. The lowest BCUT2D eigenvalue weighted by Gasteiger charge is -2.33. The number of aromatic amines is 1. The molecular weight excluding hydrogens is 509 g/mol. The molecule has 0 saturated heterocycles. The lowest BCUT2D eigenvalue weighted by atomic mass is 10.0. The number of nitrogens with one attached hydrogen (secondary N) is 2. The topological polar surface area (TPSA) is 90.0 Å². The highest BCUT2D eigenvalue weighted by Crippen LogP contribution is 2.43. The van der Waals surface area contributed by atoms with E-state index in [0.29, 0.717) is 51.3 Å². The monoisotopic (exact) mass is 525 g/mol. The van der Waals surface area contributed by atoms with E-state index in [9.17, 15) is 4.79 Å². The number of fused-ring (bicyclic) bond motifs is 2. The van der Waals surface area contributed by atoms with Crippen LogP contribution >= 0.6 is 34.8 Å². The molecule has 176 valence electrons. The Balaban J connectivity index is 1.58. The van der Waals surface area contributed by atoms with Crippen LogP contribution in [0.1, 0.15) is 16.8 Å². The summed E-state index contributed by atoms with van der Waals surface area (Å²) in [5, 5.41) is 11.3. The number of rotatable bonds is 3. The van der Waals surface area contributed by atoms with Gasteiger partial charge in [0.25, 0.3) is 0 Å². The van der Waals surface area contributed by atoms with Crippen molar-refractivity contribution in [3.8, 4) is 11.3 Å². The van der Waals surface area contributed by atoms with Crippen LogP contribution in [-0.4, -0.2) is 32.7 Å². The average Bonchev–Trinajstić information content (AvgIpc) is 3.33. The molecule has 0 atom stereocenters. The number of hydrogen-bond donors (Lipinski definition) is 2. The first-order valence-corrected chi connectivity index (χ1v) is 12.1. The molecule has 0 aliphatic carbocycles. The number of carbonyl (C=O) groups excluding carboxylic acids is 1. The second-order valence-corrected chi connectivity index (χ2v) is 9.49. The number of para-hydroxylation sites is 1. The summed E-state index contributed by atoms with van der Waals surface area (Å²) in [4.78, 5) is 26.5. The minimum absolute atomic E-state index is 0.236. The number of anilines is 3. The Bertz CT molecular complexity index is 1450. The van der Waals surface area contributed by atoms with Crippen LogP contribution in [0.2, 0.25) is 15.1 Å².